The van der Waals surface area contributed by atoms with Crippen molar-refractivity contribution in [2.75, 3.05) is 5.32 Å². The highest BCUT2D eigenvalue weighted by Gasteiger charge is 2.06. The molecule has 0 saturated heterocycles. The Labute approximate surface area is 139 Å². The minimum Gasteiger partial charge on any atom is -0.350 e. The molecule has 0 aliphatic heterocycles. The van der Waals surface area contributed by atoms with E-state index in [1.807, 2.05) is 48.2 Å². The maximum Gasteiger partial charge on any atom is 0.247 e. The van der Waals surface area contributed by atoms with E-state index >= 15 is 0 Å². The molecule has 0 unspecified atom stereocenters. The minimum absolute atomic E-state index is 0.242. The van der Waals surface area contributed by atoms with Crippen LogP contribution in [0.3, 0.4) is 0 Å². The van der Waals surface area contributed by atoms with Gasteiger partial charge in [0.25, 0.3) is 0 Å². The monoisotopic (exact) mass is 320 g/mol. The largest absolute Gasteiger partial charge is 0.350 e. The molecule has 0 bridgehead atoms. The third-order valence-corrected chi connectivity index (χ3v) is 3.80. The van der Waals surface area contributed by atoms with Gasteiger partial charge in [0.05, 0.1) is 0 Å². The molecule has 120 valence electrons. The predicted octanol–water partition coefficient (Wildman–Crippen LogP) is 4.61. The number of nitrogens with zero attached hydrogens (tertiary/aromatic N) is 1. The highest BCUT2D eigenvalue weighted by atomic mass is 19.1. The number of fused-ring (bicyclic) bond motifs is 1. The van der Waals surface area contributed by atoms with Gasteiger partial charge in [0.2, 0.25) is 5.91 Å². The number of carbonyl (C=O) groups is 1. The molecule has 0 aliphatic carbocycles. The van der Waals surface area contributed by atoms with Crippen molar-refractivity contribution in [2.45, 2.75) is 0 Å². The smallest absolute Gasteiger partial charge is 0.247 e. The number of anilines is 1. The first kappa shape index (κ1) is 15.7. The minimum atomic E-state index is -0.250. The van der Waals surface area contributed by atoms with Crippen molar-refractivity contribution in [2.24, 2.45) is 7.05 Å². The van der Waals surface area contributed by atoms with Gasteiger partial charge in [0, 0.05) is 35.4 Å². The predicted molar refractivity (Wildman–Crippen MR) is 97.1 cm³/mol. The van der Waals surface area contributed by atoms with E-state index < -0.39 is 0 Å². The van der Waals surface area contributed by atoms with Crippen LogP contribution in [0.5, 0.6) is 0 Å². The Morgan fingerprint density at radius 3 is 2.62 bits per heavy atom. The SMILES string of the molecule is C=CC(=O)Nc1ccc2c(c1)c(/C=C/c1ccc(F)cc1)cn2C. The van der Waals surface area contributed by atoms with Crippen LogP contribution in [0, 0.1) is 5.82 Å². The summed E-state index contributed by atoms with van der Waals surface area (Å²) in [6, 6.07) is 12.1. The van der Waals surface area contributed by atoms with Gasteiger partial charge in [-0.3, -0.25) is 4.79 Å². The number of nitrogens with one attached hydrogen (secondary N) is 1. The molecule has 4 heteroatoms. The standard InChI is InChI=1S/C20H17FN2O/c1-3-20(24)22-17-10-11-19-18(12-17)15(13-23(19)2)7-4-14-5-8-16(21)9-6-14/h3-13H,1H2,2H3,(H,22,24)/b7-4+. The number of halogens is 1. The molecule has 0 spiro atoms. The van der Waals surface area contributed by atoms with Gasteiger partial charge >= 0.3 is 0 Å². The fraction of sp³-hybridized carbons (Fsp3) is 0.0500. The molecular formula is C20H17FN2O. The lowest BCUT2D eigenvalue weighted by atomic mass is 10.1. The molecule has 0 fully saturated rings. The molecule has 1 aromatic heterocycles. The summed E-state index contributed by atoms with van der Waals surface area (Å²) in [6.07, 6.45) is 7.17. The van der Waals surface area contributed by atoms with Crippen molar-refractivity contribution >= 4 is 34.6 Å². The van der Waals surface area contributed by atoms with Crippen molar-refractivity contribution < 1.29 is 9.18 Å². The van der Waals surface area contributed by atoms with Crippen LogP contribution in [0.1, 0.15) is 11.1 Å². The van der Waals surface area contributed by atoms with E-state index in [9.17, 15) is 9.18 Å². The highest BCUT2D eigenvalue weighted by molar-refractivity contribution is 6.01. The molecule has 3 nitrogen and oxygen atoms in total. The maximum absolute atomic E-state index is 13.0. The van der Waals surface area contributed by atoms with Gasteiger partial charge in [-0.05, 0) is 42.0 Å². The Morgan fingerprint density at radius 1 is 1.17 bits per heavy atom. The Morgan fingerprint density at radius 2 is 1.92 bits per heavy atom. The molecular weight excluding hydrogens is 303 g/mol. The van der Waals surface area contributed by atoms with Crippen LogP contribution in [-0.4, -0.2) is 10.5 Å². The van der Waals surface area contributed by atoms with E-state index in [0.29, 0.717) is 0 Å². The van der Waals surface area contributed by atoms with Gasteiger partial charge in [-0.1, -0.05) is 30.9 Å². The lowest BCUT2D eigenvalue weighted by molar-refractivity contribution is -0.111. The zero-order valence-corrected chi connectivity index (χ0v) is 13.3. The van der Waals surface area contributed by atoms with Gasteiger partial charge in [-0.2, -0.15) is 0 Å². The fourth-order valence-electron chi connectivity index (χ4n) is 2.59. The Kier molecular flexibility index (Phi) is 4.29. The van der Waals surface area contributed by atoms with E-state index in [2.05, 4.69) is 11.9 Å². The third-order valence-electron chi connectivity index (χ3n) is 3.80. The first-order valence-corrected chi connectivity index (χ1v) is 7.53. The van der Waals surface area contributed by atoms with Crippen LogP contribution in [0.25, 0.3) is 23.1 Å². The molecule has 0 atom stereocenters. The van der Waals surface area contributed by atoms with Crippen LogP contribution >= 0.6 is 0 Å². The molecule has 3 aromatic rings. The summed E-state index contributed by atoms with van der Waals surface area (Å²) in [6.45, 7) is 3.46. The van der Waals surface area contributed by atoms with E-state index in [1.165, 1.54) is 18.2 Å². The van der Waals surface area contributed by atoms with E-state index in [-0.39, 0.29) is 11.7 Å². The maximum atomic E-state index is 13.0. The summed E-state index contributed by atoms with van der Waals surface area (Å²) in [5.74, 6) is -0.492. The second-order valence-corrected chi connectivity index (χ2v) is 5.51. The molecule has 1 heterocycles. The summed E-state index contributed by atoms with van der Waals surface area (Å²) in [7, 11) is 1.97. The number of hydrogen-bond donors (Lipinski definition) is 1. The van der Waals surface area contributed by atoms with Crippen LogP contribution in [0.15, 0.2) is 61.3 Å². The second-order valence-electron chi connectivity index (χ2n) is 5.51. The lowest BCUT2D eigenvalue weighted by Crippen LogP contribution is -2.06. The van der Waals surface area contributed by atoms with Gasteiger partial charge in [-0.15, -0.1) is 0 Å². The quantitative estimate of drug-likeness (QED) is 0.700. The van der Waals surface area contributed by atoms with Crippen LogP contribution in [0.2, 0.25) is 0 Å². The normalized spacial score (nSPS) is 11.1. The number of aromatic nitrogens is 1. The molecule has 1 N–H and O–H groups in total. The number of rotatable bonds is 4. The van der Waals surface area contributed by atoms with Crippen molar-refractivity contribution in [1.29, 1.82) is 0 Å². The molecule has 2 aromatic carbocycles. The molecule has 3 rings (SSSR count). The first-order chi connectivity index (χ1) is 11.6. The average molecular weight is 320 g/mol. The molecule has 0 radical (unpaired) electrons. The van der Waals surface area contributed by atoms with Gasteiger partial charge in [0.15, 0.2) is 0 Å². The zero-order valence-electron chi connectivity index (χ0n) is 13.3. The average Bonchev–Trinajstić information content (AvgIpc) is 2.90. The van der Waals surface area contributed by atoms with E-state index in [0.717, 1.165) is 27.7 Å². The summed E-state index contributed by atoms with van der Waals surface area (Å²) in [5.41, 5.74) is 3.72. The lowest BCUT2D eigenvalue weighted by Gasteiger charge is -2.03. The van der Waals surface area contributed by atoms with E-state index in [4.69, 9.17) is 0 Å². The van der Waals surface area contributed by atoms with Crippen molar-refractivity contribution in [3.8, 4) is 0 Å². The van der Waals surface area contributed by atoms with Crippen molar-refractivity contribution in [3.63, 3.8) is 0 Å². The zero-order chi connectivity index (χ0) is 17.1. The van der Waals surface area contributed by atoms with Gasteiger partial charge in [0.1, 0.15) is 5.82 Å². The Balaban J connectivity index is 1.97. The fourth-order valence-corrected chi connectivity index (χ4v) is 2.59. The topological polar surface area (TPSA) is 34.0 Å². The van der Waals surface area contributed by atoms with E-state index in [1.54, 1.807) is 12.1 Å². The number of benzene rings is 2. The number of aryl methyl sites for hydroxylation is 1. The Bertz CT molecular complexity index is 936. The third kappa shape index (κ3) is 3.27. The molecule has 0 aliphatic rings. The van der Waals surface area contributed by atoms with Gasteiger partial charge in [-0.25, -0.2) is 4.39 Å². The summed E-state index contributed by atoms with van der Waals surface area (Å²) >= 11 is 0. The van der Waals surface area contributed by atoms with Crippen molar-refractivity contribution in [1.82, 2.24) is 4.57 Å². The number of carbonyl (C=O) groups excluding carboxylic acids is 1. The van der Waals surface area contributed by atoms with Crippen LogP contribution in [-0.2, 0) is 11.8 Å². The second kappa shape index (κ2) is 6.54. The van der Waals surface area contributed by atoms with Crippen molar-refractivity contribution in [3.05, 3.63) is 78.3 Å². The van der Waals surface area contributed by atoms with Gasteiger partial charge < -0.3 is 9.88 Å². The van der Waals surface area contributed by atoms with Crippen LogP contribution in [0.4, 0.5) is 10.1 Å². The first-order valence-electron chi connectivity index (χ1n) is 7.53. The summed E-state index contributed by atoms with van der Waals surface area (Å²) in [4.78, 5) is 11.5. The molecule has 24 heavy (non-hydrogen) atoms. The number of amides is 1. The summed E-state index contributed by atoms with van der Waals surface area (Å²) < 4.78 is 15.0. The summed E-state index contributed by atoms with van der Waals surface area (Å²) in [5, 5.41) is 3.79. The molecule has 0 saturated carbocycles. The molecule has 1 amide bonds. The highest BCUT2D eigenvalue weighted by Crippen LogP contribution is 2.26. The Hall–Kier alpha value is -3.14. The van der Waals surface area contributed by atoms with Crippen LogP contribution < -0.4 is 5.32 Å². The number of hydrogen-bond acceptors (Lipinski definition) is 1.